The first-order valence-corrected chi connectivity index (χ1v) is 4.54. The summed E-state index contributed by atoms with van der Waals surface area (Å²) in [6.07, 6.45) is 1.52. The highest BCUT2D eigenvalue weighted by molar-refractivity contribution is 6.34. The Morgan fingerprint density at radius 3 is 2.93 bits per heavy atom. The van der Waals surface area contributed by atoms with Crippen molar-refractivity contribution in [2.45, 2.75) is 6.92 Å². The minimum Gasteiger partial charge on any atom is -0.466 e. The zero-order valence-electron chi connectivity index (χ0n) is 8.41. The molecule has 0 fully saturated rings. The molecule has 0 spiro atoms. The molecule has 0 unspecified atom stereocenters. The number of aryl methyl sites for hydroxylation is 1. The van der Waals surface area contributed by atoms with E-state index in [0.29, 0.717) is 5.69 Å². The van der Waals surface area contributed by atoms with Gasteiger partial charge in [-0.2, -0.15) is 0 Å². The van der Waals surface area contributed by atoms with E-state index in [2.05, 4.69) is 9.72 Å². The number of esters is 1. The maximum atomic E-state index is 10.8. The molecule has 1 aromatic heterocycles. The van der Waals surface area contributed by atoms with Gasteiger partial charge >= 0.3 is 5.97 Å². The number of hydrogen-bond acceptors (Lipinski definition) is 5. The molecular formula is C9H11ClN2O3. The number of carbonyl (C=O) groups is 1. The predicted octanol–water partition coefficient (Wildman–Crippen LogP) is 1.18. The summed E-state index contributed by atoms with van der Waals surface area (Å²) in [4.78, 5) is 14.7. The quantitative estimate of drug-likeness (QED) is 0.790. The number of pyridine rings is 1. The molecule has 0 aromatic carbocycles. The van der Waals surface area contributed by atoms with Gasteiger partial charge in [0.15, 0.2) is 6.61 Å². The Morgan fingerprint density at radius 2 is 2.33 bits per heavy atom. The lowest BCUT2D eigenvalue weighted by atomic mass is 10.3. The van der Waals surface area contributed by atoms with Crippen LogP contribution in [0, 0.1) is 6.92 Å². The number of aromatic nitrogens is 1. The number of anilines is 1. The Labute approximate surface area is 92.1 Å². The summed E-state index contributed by atoms with van der Waals surface area (Å²) in [6, 6.07) is 0. The smallest absolute Gasteiger partial charge is 0.343 e. The third-order valence-electron chi connectivity index (χ3n) is 1.78. The summed E-state index contributed by atoms with van der Waals surface area (Å²) in [5.41, 5.74) is 6.80. The Bertz CT molecular complexity index is 382. The second kappa shape index (κ2) is 4.84. The highest BCUT2D eigenvalue weighted by Gasteiger charge is 2.11. The predicted molar refractivity (Wildman–Crippen MR) is 55.9 cm³/mol. The second-order valence-electron chi connectivity index (χ2n) is 2.84. The zero-order chi connectivity index (χ0) is 11.4. The molecule has 1 heterocycles. The molecule has 0 atom stereocenters. The van der Waals surface area contributed by atoms with Gasteiger partial charge in [0.2, 0.25) is 5.88 Å². The van der Waals surface area contributed by atoms with Crippen LogP contribution in [0.1, 0.15) is 5.56 Å². The minimum absolute atomic E-state index is 0.130. The molecule has 6 heteroatoms. The third kappa shape index (κ3) is 2.73. The molecule has 0 bridgehead atoms. The average Bonchev–Trinajstić information content (AvgIpc) is 2.24. The van der Waals surface area contributed by atoms with Gasteiger partial charge in [0.1, 0.15) is 5.02 Å². The van der Waals surface area contributed by atoms with Gasteiger partial charge < -0.3 is 15.2 Å². The van der Waals surface area contributed by atoms with Crippen molar-refractivity contribution in [3.05, 3.63) is 16.8 Å². The van der Waals surface area contributed by atoms with Crippen molar-refractivity contribution in [2.24, 2.45) is 0 Å². The number of methoxy groups -OCH3 is 1. The molecule has 5 nitrogen and oxygen atoms in total. The molecule has 1 rings (SSSR count). The average molecular weight is 231 g/mol. The summed E-state index contributed by atoms with van der Waals surface area (Å²) in [7, 11) is 1.27. The van der Waals surface area contributed by atoms with Crippen molar-refractivity contribution >= 4 is 23.3 Å². The van der Waals surface area contributed by atoms with E-state index in [1.807, 2.05) is 0 Å². The largest absolute Gasteiger partial charge is 0.466 e. The van der Waals surface area contributed by atoms with E-state index in [1.54, 1.807) is 6.92 Å². The third-order valence-corrected chi connectivity index (χ3v) is 2.14. The first-order valence-electron chi connectivity index (χ1n) is 4.16. The van der Waals surface area contributed by atoms with Gasteiger partial charge in [0.05, 0.1) is 12.8 Å². The van der Waals surface area contributed by atoms with E-state index in [9.17, 15) is 4.79 Å². The van der Waals surface area contributed by atoms with E-state index in [1.165, 1.54) is 13.3 Å². The van der Waals surface area contributed by atoms with Crippen LogP contribution in [0.3, 0.4) is 0 Å². The van der Waals surface area contributed by atoms with Crippen molar-refractivity contribution < 1.29 is 14.3 Å². The van der Waals surface area contributed by atoms with E-state index < -0.39 is 5.97 Å². The van der Waals surface area contributed by atoms with Crippen LogP contribution >= 0.6 is 11.6 Å². The minimum atomic E-state index is -0.507. The van der Waals surface area contributed by atoms with Gasteiger partial charge in [-0.3, -0.25) is 0 Å². The van der Waals surface area contributed by atoms with Crippen LogP contribution in [0.5, 0.6) is 5.88 Å². The SMILES string of the molecule is COC(=O)COc1ncc(C)c(N)c1Cl. The maximum absolute atomic E-state index is 10.8. The Hall–Kier alpha value is -1.49. The standard InChI is InChI=1S/C9H11ClN2O3/c1-5-3-12-9(7(10)8(5)11)15-4-6(13)14-2/h3H,4H2,1-2H3,(H2,11,12). The first kappa shape index (κ1) is 11.6. The van der Waals surface area contributed by atoms with E-state index >= 15 is 0 Å². The van der Waals surface area contributed by atoms with Crippen LogP contribution in [0.25, 0.3) is 0 Å². The van der Waals surface area contributed by atoms with Gasteiger partial charge in [0, 0.05) is 6.20 Å². The van der Waals surface area contributed by atoms with E-state index in [-0.39, 0.29) is 17.5 Å². The molecule has 2 N–H and O–H groups in total. The topological polar surface area (TPSA) is 74.4 Å². The van der Waals surface area contributed by atoms with Crippen LogP contribution in [0.15, 0.2) is 6.20 Å². The second-order valence-corrected chi connectivity index (χ2v) is 3.22. The van der Waals surface area contributed by atoms with Crippen molar-refractivity contribution in [1.29, 1.82) is 0 Å². The van der Waals surface area contributed by atoms with Crippen LogP contribution in [0.2, 0.25) is 5.02 Å². The molecule has 0 saturated heterocycles. The number of ether oxygens (including phenoxy) is 2. The van der Waals surface area contributed by atoms with Crippen molar-refractivity contribution in [3.63, 3.8) is 0 Å². The summed E-state index contributed by atoms with van der Waals surface area (Å²) in [5, 5.41) is 0.207. The number of carbonyl (C=O) groups excluding carboxylic acids is 1. The first-order chi connectivity index (χ1) is 7.06. The fourth-order valence-corrected chi connectivity index (χ4v) is 1.11. The number of nitrogen functional groups attached to an aromatic ring is 1. The van der Waals surface area contributed by atoms with Gasteiger partial charge in [-0.25, -0.2) is 9.78 Å². The van der Waals surface area contributed by atoms with Gasteiger partial charge in [-0.05, 0) is 12.5 Å². The lowest BCUT2D eigenvalue weighted by molar-refractivity contribution is -0.143. The number of hydrogen-bond donors (Lipinski definition) is 1. The highest BCUT2D eigenvalue weighted by atomic mass is 35.5. The van der Waals surface area contributed by atoms with Gasteiger partial charge in [-0.15, -0.1) is 0 Å². The summed E-state index contributed by atoms with van der Waals surface area (Å²) in [5.74, 6) is -0.378. The summed E-state index contributed by atoms with van der Waals surface area (Å²) >= 11 is 5.86. The molecule has 82 valence electrons. The van der Waals surface area contributed by atoms with Crippen molar-refractivity contribution in [1.82, 2.24) is 4.98 Å². The van der Waals surface area contributed by atoms with Crippen molar-refractivity contribution in [3.8, 4) is 5.88 Å². The normalized spacial score (nSPS) is 9.80. The Morgan fingerprint density at radius 1 is 1.67 bits per heavy atom. The molecule has 0 radical (unpaired) electrons. The molecule has 0 aliphatic carbocycles. The molecule has 1 aromatic rings. The number of nitrogens with zero attached hydrogens (tertiary/aromatic N) is 1. The fourth-order valence-electron chi connectivity index (χ4n) is 0.857. The van der Waals surface area contributed by atoms with Crippen LogP contribution in [-0.4, -0.2) is 24.7 Å². The lowest BCUT2D eigenvalue weighted by Crippen LogP contribution is -2.13. The monoisotopic (exact) mass is 230 g/mol. The number of nitrogens with two attached hydrogens (primary N) is 1. The molecule has 0 saturated carbocycles. The van der Waals surface area contributed by atoms with Crippen LogP contribution < -0.4 is 10.5 Å². The molecule has 0 aliphatic rings. The number of halogens is 1. The maximum Gasteiger partial charge on any atom is 0.343 e. The summed E-state index contributed by atoms with van der Waals surface area (Å²) in [6.45, 7) is 1.53. The van der Waals surface area contributed by atoms with E-state index in [4.69, 9.17) is 22.1 Å². The zero-order valence-corrected chi connectivity index (χ0v) is 9.17. The molecule has 15 heavy (non-hydrogen) atoms. The van der Waals surface area contributed by atoms with Crippen LogP contribution in [0.4, 0.5) is 5.69 Å². The van der Waals surface area contributed by atoms with Crippen LogP contribution in [-0.2, 0) is 9.53 Å². The highest BCUT2D eigenvalue weighted by Crippen LogP contribution is 2.29. The van der Waals surface area contributed by atoms with Gasteiger partial charge in [-0.1, -0.05) is 11.6 Å². The molecular weight excluding hydrogens is 220 g/mol. The van der Waals surface area contributed by atoms with E-state index in [0.717, 1.165) is 5.56 Å². The molecule has 0 amide bonds. The lowest BCUT2D eigenvalue weighted by Gasteiger charge is -2.08. The number of rotatable bonds is 3. The van der Waals surface area contributed by atoms with Gasteiger partial charge in [0.25, 0.3) is 0 Å². The fraction of sp³-hybridized carbons (Fsp3) is 0.333. The molecule has 0 aliphatic heterocycles. The van der Waals surface area contributed by atoms with Crippen molar-refractivity contribution in [2.75, 3.05) is 19.5 Å². The Balaban J connectivity index is 2.78. The Kier molecular flexibility index (Phi) is 3.74. The summed E-state index contributed by atoms with van der Waals surface area (Å²) < 4.78 is 9.43.